The Hall–Kier alpha value is -4.34. The molecule has 4 aliphatic rings. The molecule has 0 aromatic rings. The van der Waals surface area contributed by atoms with E-state index in [1.165, 1.54) is 68.7 Å². The fourth-order valence-electron chi connectivity index (χ4n) is 13.4. The maximum absolute atomic E-state index is 13.6. The van der Waals surface area contributed by atoms with Crippen molar-refractivity contribution in [1.29, 1.82) is 0 Å². The molecule has 0 aromatic heterocycles. The number of ether oxygens (including phenoxy) is 7. The van der Waals surface area contributed by atoms with E-state index in [0.717, 1.165) is 135 Å². The van der Waals surface area contributed by atoms with Crippen LogP contribution in [0.15, 0.2) is 128 Å². The van der Waals surface area contributed by atoms with E-state index in [2.05, 4.69) is 152 Å². The highest BCUT2D eigenvalue weighted by molar-refractivity contribution is 7.61. The molecule has 14 N–H and O–H groups in total. The highest BCUT2D eigenvalue weighted by Gasteiger charge is 2.57. The van der Waals surface area contributed by atoms with Crippen LogP contribution in [0.5, 0.6) is 0 Å². The first-order chi connectivity index (χ1) is 53.3. The van der Waals surface area contributed by atoms with E-state index in [-0.39, 0.29) is 0 Å². The molecule has 646 valence electrons. The average molecular weight is 1640 g/mol. The van der Waals surface area contributed by atoms with Crippen LogP contribution in [0.25, 0.3) is 0 Å². The van der Waals surface area contributed by atoms with Crippen molar-refractivity contribution in [2.75, 3.05) is 26.4 Å². The Morgan fingerprint density at radius 3 is 0.991 bits per heavy atom. The van der Waals surface area contributed by atoms with Gasteiger partial charge in [-0.05, 0) is 218 Å². The molecular weight excluding hydrogens is 1500 g/mol. The van der Waals surface area contributed by atoms with Crippen molar-refractivity contribution in [3.63, 3.8) is 0 Å². The van der Waals surface area contributed by atoms with E-state index in [0.29, 0.717) is 12.8 Å². The molecule has 0 radical (unpaired) electrons. The van der Waals surface area contributed by atoms with Gasteiger partial charge < -0.3 is 105 Å². The maximum Gasteiger partial charge on any atom is 0.483 e. The Morgan fingerprint density at radius 1 is 0.345 bits per heavy atom. The van der Waals surface area contributed by atoms with Crippen molar-refractivity contribution in [3.8, 4) is 0 Å². The fraction of sp³-hybridized carbons (Fsp3) is 0.711. The Kier molecular flexibility index (Phi) is 46.4. The summed E-state index contributed by atoms with van der Waals surface area (Å²) < 4.78 is 82.6. The van der Waals surface area contributed by atoms with Gasteiger partial charge in [-0.2, -0.15) is 4.31 Å². The van der Waals surface area contributed by atoms with Gasteiger partial charge in [-0.1, -0.05) is 128 Å². The van der Waals surface area contributed by atoms with Gasteiger partial charge in [0.05, 0.1) is 32.5 Å². The molecule has 0 bridgehead atoms. The molecule has 4 aliphatic heterocycles. The standard InChI is InChI=1S/C83H138N2O26P2/c1-51(2)26-16-27-52(3)28-17-29-53(4)30-18-31-54(5)32-19-33-55(6)34-20-35-56(7)36-21-37-57(8)38-22-39-58(9)40-23-41-59(10)42-24-43-60(11)44-25-45-61(12)46-47-102-112(98,99)111-113(100,101)110-81-69(85-64(15)90)78(73(94)67(50-88)105-81)107-80-68(84-63(14)89)77(72(93)66(49-87)104-80)108-83-79(75(96)71(92)65(48-86)106-83)109-82-76(97)74(95)70(91)62(13)103-82/h26,28,30,32,34,36,38,40,42,44,46,62,65-83,86-88,91-97H,16-25,27,29,31,33,35,37,39,41,43,45,47-50H2,1-15H3,(H,84,89)(H,85,90)(H,98,99)(H,100,101)/b52-28+,53-30+,54-32-,55-34-,56-36-,57-38-,58-40-,59-42-,60-44-,61-46-/t62-,65+,66+,67+,68+,69+,70+,71-,72-,73-,74+,75-,76-,77+,78+,79+,80+,81+,82-,83-/m0/s1. The van der Waals surface area contributed by atoms with Crippen LogP contribution >= 0.6 is 15.6 Å². The summed E-state index contributed by atoms with van der Waals surface area (Å²) in [5.41, 5.74) is 14.9. The van der Waals surface area contributed by atoms with Gasteiger partial charge in [0.1, 0.15) is 91.4 Å². The summed E-state index contributed by atoms with van der Waals surface area (Å²) >= 11 is 0. The number of nitrogens with one attached hydrogen (secondary N) is 2. The number of phosphoric acid groups is 2. The van der Waals surface area contributed by atoms with Gasteiger partial charge in [0, 0.05) is 13.8 Å². The number of rotatable bonds is 48. The normalized spacial score (nSPS) is 30.9. The number of carbonyl (C=O) groups excluding carboxylic acids is 2. The molecule has 4 rings (SSSR count). The molecule has 28 nitrogen and oxygen atoms in total. The molecule has 4 fully saturated rings. The molecule has 2 unspecified atom stereocenters. The predicted octanol–water partition coefficient (Wildman–Crippen LogP) is 11.1. The SMILES string of the molecule is CC(=O)N[C@H]1[C@@H](OP(=O)(O)OP(=O)(O)OC/C=C(/C)CC/C=C(/C)CC/C=C(/C)CC/C=C(/C)CC/C=C(/C)CC/C=C(/C)CC/C=C(/C)CC/C=C(/C)CC/C=C(\C)CC/C=C(\C)CCC=C(C)C)O[C@H](CO)[C@H](O)[C@@H]1O[C@H]1O[C@H](CO)[C@H](O)[C@H](O[C@@H]2O[C@H](CO)[C@H](O)[C@H](O)[C@H]2O[C@@H]2O[C@@H](C)[C@@H](O)[C@@H](O)[C@@H]2O)[C@H]1NC(C)=O. The summed E-state index contributed by atoms with van der Waals surface area (Å²) in [7, 11) is -11.3. The van der Waals surface area contributed by atoms with Gasteiger partial charge in [-0.15, -0.1) is 0 Å². The lowest BCUT2D eigenvalue weighted by Gasteiger charge is -2.50. The van der Waals surface area contributed by atoms with Crippen LogP contribution in [0.4, 0.5) is 0 Å². The van der Waals surface area contributed by atoms with Crippen LogP contribution in [0, 0.1) is 0 Å². The highest BCUT2D eigenvalue weighted by Crippen LogP contribution is 2.61. The summed E-state index contributed by atoms with van der Waals surface area (Å²) in [6, 6.07) is -3.79. The third kappa shape index (κ3) is 37.2. The van der Waals surface area contributed by atoms with Crippen LogP contribution in [0.1, 0.15) is 232 Å². The van der Waals surface area contributed by atoms with E-state index >= 15 is 0 Å². The monoisotopic (exact) mass is 1640 g/mol. The number of allylic oxidation sites excluding steroid dienone is 21. The van der Waals surface area contributed by atoms with E-state index < -0.39 is 177 Å². The molecular formula is C83H138N2O26P2. The first-order valence-electron chi connectivity index (χ1n) is 39.9. The molecule has 0 aliphatic carbocycles. The second-order valence-electron chi connectivity index (χ2n) is 31.2. The molecule has 0 aromatic carbocycles. The third-order valence-corrected chi connectivity index (χ3v) is 23.0. The van der Waals surface area contributed by atoms with Crippen molar-refractivity contribution < 1.29 is 126 Å². The molecule has 4 saturated heterocycles. The van der Waals surface area contributed by atoms with Gasteiger partial charge >= 0.3 is 15.6 Å². The summed E-state index contributed by atoms with van der Waals surface area (Å²) in [6.45, 7) is 25.7. The average Bonchev–Trinajstić information content (AvgIpc) is 0.766. The van der Waals surface area contributed by atoms with Crippen molar-refractivity contribution in [2.45, 2.75) is 355 Å². The van der Waals surface area contributed by atoms with E-state index in [4.69, 9.17) is 42.2 Å². The topological polar surface area (TPSA) is 427 Å². The predicted molar refractivity (Wildman–Crippen MR) is 431 cm³/mol. The minimum Gasteiger partial charge on any atom is -0.394 e. The maximum atomic E-state index is 13.6. The first-order valence-corrected chi connectivity index (χ1v) is 42.9. The van der Waals surface area contributed by atoms with Crippen molar-refractivity contribution in [1.82, 2.24) is 10.6 Å². The number of hydrogen-bond acceptors (Lipinski definition) is 24. The van der Waals surface area contributed by atoms with Crippen molar-refractivity contribution >= 4 is 27.5 Å². The second kappa shape index (κ2) is 51.9. The number of amides is 2. The Bertz CT molecular complexity index is 3380. The van der Waals surface area contributed by atoms with Crippen LogP contribution in [-0.2, 0) is 65.2 Å². The number of aliphatic hydroxyl groups excluding tert-OH is 10. The Morgan fingerprint density at radius 2 is 0.646 bits per heavy atom. The molecule has 30 heteroatoms. The molecule has 0 saturated carbocycles. The van der Waals surface area contributed by atoms with Crippen LogP contribution in [0.2, 0.25) is 0 Å². The smallest absolute Gasteiger partial charge is 0.394 e. The van der Waals surface area contributed by atoms with Crippen molar-refractivity contribution in [2.24, 2.45) is 0 Å². The quantitative estimate of drug-likeness (QED) is 0.0199. The van der Waals surface area contributed by atoms with Gasteiger partial charge in [0.25, 0.3) is 0 Å². The van der Waals surface area contributed by atoms with Crippen molar-refractivity contribution in [3.05, 3.63) is 128 Å². The number of phosphoric ester groups is 2. The lowest BCUT2D eigenvalue weighted by atomic mass is 9.93. The molecule has 2 amide bonds. The molecule has 22 atom stereocenters. The van der Waals surface area contributed by atoms with Crippen LogP contribution in [0.3, 0.4) is 0 Å². The minimum absolute atomic E-state index is 0.543. The molecule has 4 heterocycles. The van der Waals surface area contributed by atoms with Gasteiger partial charge in [0.2, 0.25) is 11.8 Å². The molecule has 0 spiro atoms. The zero-order chi connectivity index (χ0) is 84.3. The van der Waals surface area contributed by atoms with Crippen LogP contribution < -0.4 is 10.6 Å². The number of hydrogen-bond donors (Lipinski definition) is 14. The number of carbonyl (C=O) groups is 2. The fourth-order valence-corrected chi connectivity index (χ4v) is 15.5. The Balaban J connectivity index is 1.22. The molecule has 113 heavy (non-hydrogen) atoms. The summed E-state index contributed by atoms with van der Waals surface area (Å²) in [6.07, 6.45) is 11.3. The lowest BCUT2D eigenvalue weighted by Crippen LogP contribution is -2.71. The highest BCUT2D eigenvalue weighted by atomic mass is 31.3. The van der Waals surface area contributed by atoms with E-state index in [9.17, 15) is 79.6 Å². The van der Waals surface area contributed by atoms with Gasteiger partial charge in [-0.25, -0.2) is 9.13 Å². The van der Waals surface area contributed by atoms with E-state index in [1.807, 2.05) is 0 Å². The zero-order valence-corrected chi connectivity index (χ0v) is 71.1. The third-order valence-electron chi connectivity index (χ3n) is 20.4. The first kappa shape index (κ1) is 101. The number of aliphatic hydroxyl groups is 10. The minimum atomic E-state index is -5.85. The largest absolute Gasteiger partial charge is 0.483 e. The van der Waals surface area contributed by atoms with Gasteiger partial charge in [-0.3, -0.25) is 18.6 Å². The summed E-state index contributed by atoms with van der Waals surface area (Å²) in [5.74, 6) is -1.80. The summed E-state index contributed by atoms with van der Waals surface area (Å²) in [5, 5.41) is 113. The zero-order valence-electron chi connectivity index (χ0n) is 69.3. The summed E-state index contributed by atoms with van der Waals surface area (Å²) in [4.78, 5) is 47.4. The van der Waals surface area contributed by atoms with Crippen LogP contribution in [-0.4, -0.2) is 222 Å². The lowest BCUT2D eigenvalue weighted by molar-refractivity contribution is -0.384. The van der Waals surface area contributed by atoms with Gasteiger partial charge in [0.15, 0.2) is 25.2 Å². The Labute approximate surface area is 670 Å². The van der Waals surface area contributed by atoms with E-state index in [1.54, 1.807) is 6.92 Å². The second-order valence-corrected chi connectivity index (χ2v) is 34.2.